The highest BCUT2D eigenvalue weighted by Gasteiger charge is 2.20. The molecule has 2 rings (SSSR count). The van der Waals surface area contributed by atoms with E-state index in [1.54, 1.807) is 25.3 Å². The summed E-state index contributed by atoms with van der Waals surface area (Å²) >= 11 is 1.18. The van der Waals surface area contributed by atoms with Gasteiger partial charge < -0.3 is 15.0 Å². The van der Waals surface area contributed by atoms with Crippen molar-refractivity contribution in [2.45, 2.75) is 13.8 Å². The van der Waals surface area contributed by atoms with Crippen LogP contribution in [0.15, 0.2) is 22.3 Å². The Balaban J connectivity index is 2.34. The van der Waals surface area contributed by atoms with Gasteiger partial charge in [0.2, 0.25) is 0 Å². The zero-order valence-corrected chi connectivity index (χ0v) is 12.6. The lowest BCUT2D eigenvalue weighted by Gasteiger charge is -2.07. The molecular formula is C14H14N2O4S. The first-order chi connectivity index (χ1) is 9.93. The maximum Gasteiger partial charge on any atom is 0.350 e. The number of H-pyrrole nitrogens is 1. The molecule has 0 radical (unpaired) electrons. The van der Waals surface area contributed by atoms with E-state index in [1.807, 2.05) is 0 Å². The molecule has 0 aliphatic rings. The first-order valence-corrected chi connectivity index (χ1v) is 6.99. The molecule has 21 heavy (non-hydrogen) atoms. The van der Waals surface area contributed by atoms with E-state index in [0.29, 0.717) is 16.3 Å². The molecule has 7 heteroatoms. The Bertz CT molecular complexity index is 761. The minimum atomic E-state index is -0.567. The molecule has 0 aromatic carbocycles. The topological polar surface area (TPSA) is 88.3 Å². The average molecular weight is 306 g/mol. The second-order valence-electron chi connectivity index (χ2n) is 4.45. The highest BCUT2D eigenvalue weighted by molar-refractivity contribution is 7.12. The number of aromatic amines is 1. The third-order valence-corrected chi connectivity index (χ3v) is 3.96. The third kappa shape index (κ3) is 3.03. The van der Waals surface area contributed by atoms with Crippen molar-refractivity contribution >= 4 is 28.9 Å². The van der Waals surface area contributed by atoms with E-state index >= 15 is 0 Å². The number of pyridine rings is 1. The summed E-state index contributed by atoms with van der Waals surface area (Å²) in [6.45, 7) is 3.49. The molecule has 0 aliphatic carbocycles. The minimum absolute atomic E-state index is 0.0120. The molecule has 0 bridgehead atoms. The van der Waals surface area contributed by atoms with Gasteiger partial charge in [0.15, 0.2) is 0 Å². The quantitative estimate of drug-likeness (QED) is 0.850. The fraction of sp³-hybridized carbons (Fsp3) is 0.214. The summed E-state index contributed by atoms with van der Waals surface area (Å²) < 4.78 is 4.67. The number of nitrogens with one attached hydrogen (secondary N) is 2. The van der Waals surface area contributed by atoms with Gasteiger partial charge in [-0.3, -0.25) is 9.59 Å². The Morgan fingerprint density at radius 2 is 2.00 bits per heavy atom. The van der Waals surface area contributed by atoms with E-state index in [4.69, 9.17) is 0 Å². The molecule has 0 saturated carbocycles. The second kappa shape index (κ2) is 5.92. The SMILES string of the molecule is COC(=O)c1scc(C)c1NC(=O)c1ccc(C)[nH]c1=O. The summed E-state index contributed by atoms with van der Waals surface area (Å²) in [4.78, 5) is 38.4. The van der Waals surface area contributed by atoms with Crippen LogP contribution in [0.1, 0.15) is 31.3 Å². The monoisotopic (exact) mass is 306 g/mol. The molecule has 0 saturated heterocycles. The Morgan fingerprint density at radius 3 is 2.62 bits per heavy atom. The molecule has 2 N–H and O–H groups in total. The van der Waals surface area contributed by atoms with Crippen LogP contribution < -0.4 is 10.9 Å². The molecular weight excluding hydrogens is 292 g/mol. The largest absolute Gasteiger partial charge is 0.465 e. The van der Waals surface area contributed by atoms with Gasteiger partial charge in [-0.15, -0.1) is 11.3 Å². The van der Waals surface area contributed by atoms with Crippen LogP contribution in [0.3, 0.4) is 0 Å². The first-order valence-electron chi connectivity index (χ1n) is 6.11. The fourth-order valence-corrected chi connectivity index (χ4v) is 2.70. The van der Waals surface area contributed by atoms with Crippen molar-refractivity contribution in [2.75, 3.05) is 12.4 Å². The van der Waals surface area contributed by atoms with Crippen molar-refractivity contribution in [1.29, 1.82) is 0 Å². The van der Waals surface area contributed by atoms with Crippen LogP contribution in [0.5, 0.6) is 0 Å². The fourth-order valence-electron chi connectivity index (χ4n) is 1.77. The molecule has 2 aromatic heterocycles. The molecule has 110 valence electrons. The van der Waals surface area contributed by atoms with Gasteiger partial charge in [0.1, 0.15) is 10.4 Å². The molecule has 2 aromatic rings. The number of carbonyl (C=O) groups excluding carboxylic acids is 2. The van der Waals surface area contributed by atoms with Gasteiger partial charge >= 0.3 is 5.97 Å². The summed E-state index contributed by atoms with van der Waals surface area (Å²) in [5, 5.41) is 4.34. The van der Waals surface area contributed by atoms with Gasteiger partial charge in [0, 0.05) is 5.69 Å². The lowest BCUT2D eigenvalue weighted by atomic mass is 10.2. The molecule has 0 aliphatic heterocycles. The highest BCUT2D eigenvalue weighted by Crippen LogP contribution is 2.28. The second-order valence-corrected chi connectivity index (χ2v) is 5.33. The molecule has 6 nitrogen and oxygen atoms in total. The standard InChI is InChI=1S/C14H14N2O4S/c1-7-6-21-11(14(19)20-3)10(7)16-13(18)9-5-4-8(2)15-12(9)17/h4-6H,1-3H3,(H,15,17)(H,16,18). The van der Waals surface area contributed by atoms with E-state index in [2.05, 4.69) is 15.0 Å². The predicted octanol–water partition coefficient (Wildman–Crippen LogP) is 2.09. The van der Waals surface area contributed by atoms with Gasteiger partial charge in [0.05, 0.1) is 12.8 Å². The highest BCUT2D eigenvalue weighted by atomic mass is 32.1. The molecule has 2 heterocycles. The Morgan fingerprint density at radius 1 is 1.29 bits per heavy atom. The number of rotatable bonds is 3. The van der Waals surface area contributed by atoms with Gasteiger partial charge in [-0.05, 0) is 36.9 Å². The first kappa shape index (κ1) is 15.0. The lowest BCUT2D eigenvalue weighted by Crippen LogP contribution is -2.24. The summed E-state index contributed by atoms with van der Waals surface area (Å²) in [6.07, 6.45) is 0. The van der Waals surface area contributed by atoms with Crippen molar-refractivity contribution in [1.82, 2.24) is 4.98 Å². The number of aryl methyl sites for hydroxylation is 2. The Labute approximate surface area is 124 Å². The van der Waals surface area contributed by atoms with Crippen molar-refractivity contribution in [2.24, 2.45) is 0 Å². The lowest BCUT2D eigenvalue weighted by molar-refractivity contribution is 0.0607. The number of carbonyl (C=O) groups is 2. The van der Waals surface area contributed by atoms with E-state index in [-0.39, 0.29) is 5.56 Å². The predicted molar refractivity (Wildman–Crippen MR) is 80.1 cm³/mol. The average Bonchev–Trinajstić information content (AvgIpc) is 2.79. The van der Waals surface area contributed by atoms with E-state index in [1.165, 1.54) is 24.5 Å². The molecule has 0 fully saturated rings. The normalized spacial score (nSPS) is 10.2. The van der Waals surface area contributed by atoms with E-state index in [9.17, 15) is 14.4 Å². The number of anilines is 1. The van der Waals surface area contributed by atoms with Crippen LogP contribution in [0.25, 0.3) is 0 Å². The van der Waals surface area contributed by atoms with Crippen LogP contribution in [-0.4, -0.2) is 24.0 Å². The van der Waals surface area contributed by atoms with Crippen molar-refractivity contribution < 1.29 is 14.3 Å². The molecule has 0 spiro atoms. The number of amides is 1. The number of thiophene rings is 1. The van der Waals surface area contributed by atoms with Gasteiger partial charge in [-0.1, -0.05) is 0 Å². The Hall–Kier alpha value is -2.41. The van der Waals surface area contributed by atoms with Crippen LogP contribution in [0.2, 0.25) is 0 Å². The third-order valence-electron chi connectivity index (χ3n) is 2.88. The summed E-state index contributed by atoms with van der Waals surface area (Å²) in [5.41, 5.74) is 1.29. The van der Waals surface area contributed by atoms with Gasteiger partial charge in [-0.2, -0.15) is 0 Å². The number of aromatic nitrogens is 1. The Kier molecular flexibility index (Phi) is 4.23. The van der Waals surface area contributed by atoms with Crippen LogP contribution in [0.4, 0.5) is 5.69 Å². The number of hydrogen-bond donors (Lipinski definition) is 2. The van der Waals surface area contributed by atoms with Crippen LogP contribution in [0, 0.1) is 13.8 Å². The molecule has 1 amide bonds. The summed E-state index contributed by atoms with van der Waals surface area (Å²) in [7, 11) is 1.27. The smallest absolute Gasteiger partial charge is 0.350 e. The molecule has 0 unspecified atom stereocenters. The maximum atomic E-state index is 12.2. The number of methoxy groups -OCH3 is 1. The summed E-state index contributed by atoms with van der Waals surface area (Å²) in [6, 6.07) is 3.08. The van der Waals surface area contributed by atoms with Crippen molar-refractivity contribution in [3.63, 3.8) is 0 Å². The van der Waals surface area contributed by atoms with Crippen molar-refractivity contribution in [3.8, 4) is 0 Å². The molecule has 0 atom stereocenters. The van der Waals surface area contributed by atoms with E-state index < -0.39 is 17.4 Å². The summed E-state index contributed by atoms with van der Waals surface area (Å²) in [5.74, 6) is -1.09. The van der Waals surface area contributed by atoms with Crippen LogP contribution in [-0.2, 0) is 4.74 Å². The maximum absolute atomic E-state index is 12.2. The van der Waals surface area contributed by atoms with Gasteiger partial charge in [0.25, 0.3) is 11.5 Å². The van der Waals surface area contributed by atoms with Crippen LogP contribution >= 0.6 is 11.3 Å². The van der Waals surface area contributed by atoms with Crippen molar-refractivity contribution in [3.05, 3.63) is 49.6 Å². The number of hydrogen-bond acceptors (Lipinski definition) is 5. The van der Waals surface area contributed by atoms with Gasteiger partial charge in [-0.25, -0.2) is 4.79 Å². The minimum Gasteiger partial charge on any atom is -0.465 e. The number of esters is 1. The van der Waals surface area contributed by atoms with E-state index in [0.717, 1.165) is 5.56 Å². The zero-order valence-electron chi connectivity index (χ0n) is 11.8. The number of ether oxygens (including phenoxy) is 1. The zero-order chi connectivity index (χ0) is 15.6.